The van der Waals surface area contributed by atoms with Crippen molar-refractivity contribution in [1.82, 2.24) is 5.32 Å². The van der Waals surface area contributed by atoms with E-state index in [0.29, 0.717) is 18.2 Å². The molecule has 0 aliphatic carbocycles. The lowest BCUT2D eigenvalue weighted by Crippen LogP contribution is -2.36. The van der Waals surface area contributed by atoms with Gasteiger partial charge >= 0.3 is 0 Å². The molecule has 4 nitrogen and oxygen atoms in total. The van der Waals surface area contributed by atoms with Crippen molar-refractivity contribution >= 4 is 31.6 Å². The van der Waals surface area contributed by atoms with Gasteiger partial charge in [0.25, 0.3) is 0 Å². The Morgan fingerprint density at radius 1 is 1.40 bits per heavy atom. The molecule has 0 amide bonds. The van der Waals surface area contributed by atoms with Gasteiger partial charge in [0.1, 0.15) is 0 Å². The minimum Gasteiger partial charge on any atom is -0.314 e. The van der Waals surface area contributed by atoms with Crippen molar-refractivity contribution in [3.05, 3.63) is 28.2 Å². The number of sulfonamides is 1. The number of aryl methyl sites for hydroxylation is 1. The molecule has 0 bridgehead atoms. The van der Waals surface area contributed by atoms with Crippen LogP contribution in [-0.4, -0.2) is 26.8 Å². The number of nitrogens with one attached hydrogen (secondary N) is 2. The first-order valence-corrected chi connectivity index (χ1v) is 9.41. The molecule has 1 aliphatic heterocycles. The summed E-state index contributed by atoms with van der Waals surface area (Å²) in [4.78, 5) is 0. The Balaban J connectivity index is 1.91. The fourth-order valence-corrected chi connectivity index (χ4v) is 3.84. The van der Waals surface area contributed by atoms with Crippen LogP contribution in [0.25, 0.3) is 0 Å². The number of benzene rings is 1. The zero-order valence-electron chi connectivity index (χ0n) is 11.7. The van der Waals surface area contributed by atoms with Crippen molar-refractivity contribution in [3.8, 4) is 0 Å². The van der Waals surface area contributed by atoms with Crippen LogP contribution in [-0.2, 0) is 10.0 Å². The molecule has 2 rings (SSSR count). The fraction of sp³-hybridized carbons (Fsp3) is 0.571. The van der Waals surface area contributed by atoms with Crippen LogP contribution in [0.15, 0.2) is 22.7 Å². The highest BCUT2D eigenvalue weighted by molar-refractivity contribution is 9.10. The van der Waals surface area contributed by atoms with Gasteiger partial charge in [0.2, 0.25) is 10.0 Å². The quantitative estimate of drug-likeness (QED) is 0.848. The number of piperidine rings is 1. The van der Waals surface area contributed by atoms with E-state index in [1.165, 1.54) is 12.8 Å². The van der Waals surface area contributed by atoms with Gasteiger partial charge in [-0.05, 0) is 56.5 Å². The minimum atomic E-state index is -3.27. The summed E-state index contributed by atoms with van der Waals surface area (Å²) in [5.74, 6) is 0.166. The van der Waals surface area contributed by atoms with Gasteiger partial charge in [0.05, 0.1) is 5.75 Å². The number of anilines is 1. The predicted octanol–water partition coefficient (Wildman–Crippen LogP) is 3.03. The number of hydrogen-bond acceptors (Lipinski definition) is 3. The Morgan fingerprint density at radius 3 is 2.85 bits per heavy atom. The van der Waals surface area contributed by atoms with E-state index in [9.17, 15) is 8.42 Å². The van der Waals surface area contributed by atoms with E-state index in [1.54, 1.807) is 6.07 Å². The Bertz CT molecular complexity index is 554. The molecule has 0 aromatic heterocycles. The Morgan fingerprint density at radius 2 is 2.20 bits per heavy atom. The first-order valence-electron chi connectivity index (χ1n) is 6.96. The summed E-state index contributed by atoms with van der Waals surface area (Å²) < 4.78 is 27.8. The van der Waals surface area contributed by atoms with Crippen molar-refractivity contribution in [2.45, 2.75) is 38.6 Å². The van der Waals surface area contributed by atoms with Crippen LogP contribution in [0.2, 0.25) is 0 Å². The highest BCUT2D eigenvalue weighted by atomic mass is 79.9. The number of rotatable bonds is 5. The van der Waals surface area contributed by atoms with E-state index in [4.69, 9.17) is 0 Å². The summed E-state index contributed by atoms with van der Waals surface area (Å²) in [5, 5.41) is 3.37. The lowest BCUT2D eigenvalue weighted by Gasteiger charge is -2.23. The molecule has 1 aliphatic rings. The molecule has 1 saturated heterocycles. The summed E-state index contributed by atoms with van der Waals surface area (Å²) in [6.45, 7) is 2.94. The summed E-state index contributed by atoms with van der Waals surface area (Å²) in [7, 11) is -3.27. The molecular weight excluding hydrogens is 340 g/mol. The third-order valence-corrected chi connectivity index (χ3v) is 5.79. The summed E-state index contributed by atoms with van der Waals surface area (Å²) >= 11 is 3.41. The molecule has 1 atom stereocenters. The number of halogens is 1. The molecule has 1 aromatic carbocycles. The van der Waals surface area contributed by atoms with E-state index in [2.05, 4.69) is 26.0 Å². The minimum absolute atomic E-state index is 0.166. The average molecular weight is 361 g/mol. The second kappa shape index (κ2) is 6.91. The molecule has 2 N–H and O–H groups in total. The van der Waals surface area contributed by atoms with Crippen LogP contribution in [0, 0.1) is 6.92 Å². The number of hydrogen-bond donors (Lipinski definition) is 2. The summed E-state index contributed by atoms with van der Waals surface area (Å²) in [6.07, 6.45) is 4.13. The van der Waals surface area contributed by atoms with Gasteiger partial charge < -0.3 is 5.32 Å². The van der Waals surface area contributed by atoms with Crippen LogP contribution in [0.3, 0.4) is 0 Å². The van der Waals surface area contributed by atoms with Gasteiger partial charge in [0, 0.05) is 16.2 Å². The standard InChI is InChI=1S/C14H21BrN2O2S/c1-11-10-13(5-6-14(11)15)17-20(18,19)9-7-12-4-2-3-8-16-12/h5-6,10,12,16-17H,2-4,7-9H2,1H3. The smallest absolute Gasteiger partial charge is 0.232 e. The SMILES string of the molecule is Cc1cc(NS(=O)(=O)CCC2CCCCN2)ccc1Br. The average Bonchev–Trinajstić information content (AvgIpc) is 2.42. The van der Waals surface area contributed by atoms with E-state index in [0.717, 1.165) is 23.0 Å². The maximum absolute atomic E-state index is 12.1. The molecule has 20 heavy (non-hydrogen) atoms. The fourth-order valence-electron chi connectivity index (χ4n) is 2.41. The summed E-state index contributed by atoms with van der Waals surface area (Å²) in [5.41, 5.74) is 1.64. The monoisotopic (exact) mass is 360 g/mol. The van der Waals surface area contributed by atoms with Crippen LogP contribution in [0.5, 0.6) is 0 Å². The second-order valence-electron chi connectivity index (χ2n) is 5.32. The van der Waals surface area contributed by atoms with E-state index in [-0.39, 0.29) is 5.75 Å². The highest BCUT2D eigenvalue weighted by Gasteiger charge is 2.17. The third kappa shape index (κ3) is 4.75. The van der Waals surface area contributed by atoms with Crippen LogP contribution >= 0.6 is 15.9 Å². The maximum Gasteiger partial charge on any atom is 0.232 e. The van der Waals surface area contributed by atoms with E-state index < -0.39 is 10.0 Å². The Labute approximate surface area is 129 Å². The van der Waals surface area contributed by atoms with Crippen LogP contribution in [0.4, 0.5) is 5.69 Å². The Hall–Kier alpha value is -0.590. The maximum atomic E-state index is 12.1. The first-order chi connectivity index (χ1) is 9.46. The molecule has 0 spiro atoms. The van der Waals surface area contributed by atoms with Crippen molar-refractivity contribution in [2.24, 2.45) is 0 Å². The molecule has 0 saturated carbocycles. The zero-order valence-corrected chi connectivity index (χ0v) is 14.1. The lowest BCUT2D eigenvalue weighted by molar-refractivity contribution is 0.393. The molecule has 1 aromatic rings. The molecular formula is C14H21BrN2O2S. The van der Waals surface area contributed by atoms with Gasteiger partial charge in [-0.2, -0.15) is 0 Å². The van der Waals surface area contributed by atoms with Gasteiger partial charge in [-0.25, -0.2) is 8.42 Å². The normalized spacial score (nSPS) is 19.8. The molecule has 1 fully saturated rings. The Kier molecular flexibility index (Phi) is 5.46. The van der Waals surface area contributed by atoms with Crippen molar-refractivity contribution in [2.75, 3.05) is 17.0 Å². The van der Waals surface area contributed by atoms with Crippen LogP contribution < -0.4 is 10.0 Å². The molecule has 6 heteroatoms. The van der Waals surface area contributed by atoms with Gasteiger partial charge in [0.15, 0.2) is 0 Å². The highest BCUT2D eigenvalue weighted by Crippen LogP contribution is 2.21. The van der Waals surface area contributed by atoms with Crippen molar-refractivity contribution < 1.29 is 8.42 Å². The van der Waals surface area contributed by atoms with Crippen LogP contribution in [0.1, 0.15) is 31.2 Å². The second-order valence-corrected chi connectivity index (χ2v) is 8.02. The van der Waals surface area contributed by atoms with Crippen molar-refractivity contribution in [1.29, 1.82) is 0 Å². The van der Waals surface area contributed by atoms with Gasteiger partial charge in [-0.1, -0.05) is 22.4 Å². The molecule has 0 radical (unpaired) electrons. The largest absolute Gasteiger partial charge is 0.314 e. The molecule has 1 unspecified atom stereocenters. The third-order valence-electron chi connectivity index (χ3n) is 3.58. The zero-order chi connectivity index (χ0) is 14.6. The van der Waals surface area contributed by atoms with E-state index in [1.807, 2.05) is 19.1 Å². The van der Waals surface area contributed by atoms with Gasteiger partial charge in [-0.3, -0.25) is 4.72 Å². The van der Waals surface area contributed by atoms with Crippen molar-refractivity contribution in [3.63, 3.8) is 0 Å². The summed E-state index contributed by atoms with van der Waals surface area (Å²) in [6, 6.07) is 5.80. The lowest BCUT2D eigenvalue weighted by atomic mass is 10.0. The molecule has 1 heterocycles. The van der Waals surface area contributed by atoms with Gasteiger partial charge in [-0.15, -0.1) is 0 Å². The first kappa shape index (κ1) is 15.8. The molecule has 112 valence electrons. The van der Waals surface area contributed by atoms with E-state index >= 15 is 0 Å². The predicted molar refractivity (Wildman–Crippen MR) is 86.5 cm³/mol. The topological polar surface area (TPSA) is 58.2 Å².